The first kappa shape index (κ1) is 12.7. The van der Waals surface area contributed by atoms with Crippen molar-refractivity contribution in [3.63, 3.8) is 0 Å². The number of hydrogen-bond acceptors (Lipinski definition) is 7. The maximum atomic E-state index is 10.8. The lowest BCUT2D eigenvalue weighted by Crippen LogP contribution is -2.05. The summed E-state index contributed by atoms with van der Waals surface area (Å²) in [6.45, 7) is 0.499. The normalized spacial score (nSPS) is 12.7. The van der Waals surface area contributed by atoms with Gasteiger partial charge in [-0.05, 0) is 11.6 Å². The summed E-state index contributed by atoms with van der Waals surface area (Å²) in [7, 11) is 1.79. The molecule has 0 saturated heterocycles. The van der Waals surface area contributed by atoms with Crippen molar-refractivity contribution in [2.45, 2.75) is 16.5 Å². The van der Waals surface area contributed by atoms with E-state index in [1.807, 2.05) is 0 Å². The molecule has 2 N–H and O–H groups in total. The Bertz CT molecular complexity index is 692. The van der Waals surface area contributed by atoms with Crippen molar-refractivity contribution in [2.75, 3.05) is 17.7 Å². The minimum Gasteiger partial charge on any atom is -0.376 e. The zero-order valence-electron chi connectivity index (χ0n) is 10.6. The monoisotopic (exact) mass is 289 g/mol. The van der Waals surface area contributed by atoms with Gasteiger partial charge in [0, 0.05) is 30.6 Å². The lowest BCUT2D eigenvalue weighted by atomic mass is 10.2. The Morgan fingerprint density at radius 2 is 2.30 bits per heavy atom. The molecule has 2 aromatic rings. The summed E-state index contributed by atoms with van der Waals surface area (Å²) in [6, 6.07) is 4.86. The average Bonchev–Trinajstić information content (AvgIpc) is 2.64. The number of fused-ring (bicyclic) bond motifs is 2. The highest BCUT2D eigenvalue weighted by Gasteiger charge is 2.19. The Balaban J connectivity index is 2.04. The van der Waals surface area contributed by atoms with E-state index in [-0.39, 0.29) is 10.6 Å². The van der Waals surface area contributed by atoms with Crippen LogP contribution in [0, 0.1) is 10.1 Å². The van der Waals surface area contributed by atoms with Crippen molar-refractivity contribution in [3.8, 4) is 0 Å². The van der Waals surface area contributed by atoms with Crippen LogP contribution in [0.1, 0.15) is 5.56 Å². The van der Waals surface area contributed by atoms with Crippen molar-refractivity contribution in [2.24, 2.45) is 0 Å². The number of non-ortho nitro benzene ring substituents is 1. The first-order chi connectivity index (χ1) is 9.69. The number of hydrogen-bond donors (Lipinski definition) is 2. The molecule has 0 bridgehead atoms. The fourth-order valence-electron chi connectivity index (χ4n) is 2.00. The van der Waals surface area contributed by atoms with Gasteiger partial charge in [-0.3, -0.25) is 10.1 Å². The number of benzene rings is 1. The molecule has 0 unspecified atom stereocenters. The number of aromatic nitrogens is 2. The van der Waals surface area contributed by atoms with Gasteiger partial charge in [0.1, 0.15) is 17.0 Å². The molecule has 0 spiro atoms. The lowest BCUT2D eigenvalue weighted by molar-refractivity contribution is -0.385. The minimum absolute atomic E-state index is 0.0945. The summed E-state index contributed by atoms with van der Waals surface area (Å²) in [5.74, 6) is 0.713. The van der Waals surface area contributed by atoms with Gasteiger partial charge in [-0.2, -0.15) is 0 Å². The van der Waals surface area contributed by atoms with E-state index in [1.165, 1.54) is 24.2 Å². The van der Waals surface area contributed by atoms with Crippen molar-refractivity contribution in [1.29, 1.82) is 0 Å². The van der Waals surface area contributed by atoms with Crippen LogP contribution in [0.15, 0.2) is 34.4 Å². The summed E-state index contributed by atoms with van der Waals surface area (Å²) in [5.41, 5.74) is 1.79. The molecule has 1 aliphatic rings. The van der Waals surface area contributed by atoms with Crippen LogP contribution in [0.4, 0.5) is 17.2 Å². The number of anilines is 2. The summed E-state index contributed by atoms with van der Waals surface area (Å²) < 4.78 is 0. The van der Waals surface area contributed by atoms with E-state index in [0.29, 0.717) is 12.4 Å². The fraction of sp³-hybridized carbons (Fsp3) is 0.167. The third-order valence-corrected chi connectivity index (χ3v) is 4.09. The molecule has 7 nitrogen and oxygen atoms in total. The fourth-order valence-corrected chi connectivity index (χ4v) is 2.98. The van der Waals surface area contributed by atoms with Crippen LogP contribution in [-0.4, -0.2) is 21.9 Å². The van der Waals surface area contributed by atoms with Crippen LogP contribution in [0.2, 0.25) is 0 Å². The maximum absolute atomic E-state index is 10.8. The van der Waals surface area contributed by atoms with Gasteiger partial charge in [0.25, 0.3) is 5.69 Å². The summed E-state index contributed by atoms with van der Waals surface area (Å²) in [4.78, 5) is 19.8. The maximum Gasteiger partial charge on any atom is 0.269 e. The van der Waals surface area contributed by atoms with Gasteiger partial charge in [-0.1, -0.05) is 11.8 Å². The number of nitrogens with one attached hydrogen (secondary N) is 2. The molecule has 0 amide bonds. The van der Waals surface area contributed by atoms with Crippen LogP contribution in [-0.2, 0) is 6.54 Å². The van der Waals surface area contributed by atoms with Gasteiger partial charge in [0.2, 0.25) is 0 Å². The largest absolute Gasteiger partial charge is 0.376 e. The van der Waals surface area contributed by atoms with Crippen molar-refractivity contribution in [3.05, 3.63) is 40.2 Å². The van der Waals surface area contributed by atoms with Crippen LogP contribution in [0.25, 0.3) is 0 Å². The van der Waals surface area contributed by atoms with Crippen molar-refractivity contribution in [1.82, 2.24) is 9.97 Å². The predicted molar refractivity (Wildman–Crippen MR) is 76.1 cm³/mol. The highest BCUT2D eigenvalue weighted by Crippen LogP contribution is 2.40. The summed E-state index contributed by atoms with van der Waals surface area (Å²) in [6.07, 6.45) is 1.50. The van der Waals surface area contributed by atoms with Crippen LogP contribution in [0.3, 0.4) is 0 Å². The number of nitro groups is 1. The lowest BCUT2D eigenvalue weighted by Gasteiger charge is -2.09. The predicted octanol–water partition coefficient (Wildman–Crippen LogP) is 2.50. The molecular weight excluding hydrogens is 278 g/mol. The third-order valence-electron chi connectivity index (χ3n) is 2.97. The van der Waals surface area contributed by atoms with Gasteiger partial charge in [-0.25, -0.2) is 9.97 Å². The molecule has 0 saturated carbocycles. The smallest absolute Gasteiger partial charge is 0.269 e. The molecule has 102 valence electrons. The molecule has 0 aliphatic carbocycles. The average molecular weight is 289 g/mol. The molecule has 1 aliphatic heterocycles. The van der Waals surface area contributed by atoms with Crippen LogP contribution < -0.4 is 10.6 Å². The highest BCUT2D eigenvalue weighted by atomic mass is 32.2. The quantitative estimate of drug-likeness (QED) is 0.498. The summed E-state index contributed by atoms with van der Waals surface area (Å²) >= 11 is 1.48. The summed E-state index contributed by atoms with van der Waals surface area (Å²) in [5, 5.41) is 17.9. The number of nitro benzene ring substituents is 1. The topological polar surface area (TPSA) is 93.0 Å². The Morgan fingerprint density at radius 3 is 3.05 bits per heavy atom. The molecule has 20 heavy (non-hydrogen) atoms. The second-order valence-corrected chi connectivity index (χ2v) is 5.19. The standard InChI is InChI=1S/C12H11N5O2S/c1-13-11-10-12(16-6-15-11)20-9-3-2-8(17(18)19)4-7(9)5-14-10/h2-4,6,14H,5H2,1H3,(H,13,15,16). The highest BCUT2D eigenvalue weighted by molar-refractivity contribution is 7.99. The first-order valence-corrected chi connectivity index (χ1v) is 6.72. The van der Waals surface area contributed by atoms with Crippen LogP contribution in [0.5, 0.6) is 0 Å². The van der Waals surface area contributed by atoms with Gasteiger partial charge in [-0.15, -0.1) is 0 Å². The van der Waals surface area contributed by atoms with Gasteiger partial charge in [0.15, 0.2) is 5.82 Å². The van der Waals surface area contributed by atoms with E-state index >= 15 is 0 Å². The van der Waals surface area contributed by atoms with E-state index in [2.05, 4.69) is 20.6 Å². The first-order valence-electron chi connectivity index (χ1n) is 5.91. The number of nitrogens with zero attached hydrogens (tertiary/aromatic N) is 3. The molecule has 1 aromatic carbocycles. The Labute approximate surface area is 119 Å². The second kappa shape index (κ2) is 4.97. The zero-order valence-corrected chi connectivity index (χ0v) is 11.4. The number of rotatable bonds is 2. The molecule has 3 rings (SSSR count). The van der Waals surface area contributed by atoms with Gasteiger partial charge >= 0.3 is 0 Å². The Hall–Kier alpha value is -2.35. The van der Waals surface area contributed by atoms with Gasteiger partial charge < -0.3 is 10.6 Å². The van der Waals surface area contributed by atoms with Crippen LogP contribution >= 0.6 is 11.8 Å². The second-order valence-electron chi connectivity index (χ2n) is 4.16. The molecule has 0 fully saturated rings. The molecule has 0 radical (unpaired) electrons. The molecule has 8 heteroatoms. The van der Waals surface area contributed by atoms with E-state index in [0.717, 1.165) is 21.2 Å². The molecular formula is C12H11N5O2S. The Morgan fingerprint density at radius 1 is 1.45 bits per heavy atom. The Kier molecular flexibility index (Phi) is 3.15. The third kappa shape index (κ3) is 2.14. The van der Waals surface area contributed by atoms with Crippen molar-refractivity contribution < 1.29 is 4.92 Å². The SMILES string of the molecule is CNc1ncnc2c1NCc1cc([N+](=O)[O-])ccc1S2. The minimum atomic E-state index is -0.387. The van der Waals surface area contributed by atoms with Crippen molar-refractivity contribution >= 4 is 29.0 Å². The van der Waals surface area contributed by atoms with E-state index in [9.17, 15) is 10.1 Å². The molecule has 1 aromatic heterocycles. The molecule has 2 heterocycles. The van der Waals surface area contributed by atoms with Gasteiger partial charge in [0.05, 0.1) is 4.92 Å². The zero-order chi connectivity index (χ0) is 14.1. The van der Waals surface area contributed by atoms with E-state index < -0.39 is 0 Å². The molecule has 0 atom stereocenters. The van der Waals surface area contributed by atoms with E-state index in [1.54, 1.807) is 19.2 Å². The van der Waals surface area contributed by atoms with E-state index in [4.69, 9.17) is 0 Å².